The van der Waals surface area contributed by atoms with E-state index in [2.05, 4.69) is 15.9 Å². The fourth-order valence-electron chi connectivity index (χ4n) is 1.63. The van der Waals surface area contributed by atoms with Crippen LogP contribution in [0.5, 0.6) is 5.75 Å². The SMILES string of the molecule is COc1c(C)cc(C(=O)C(=O)CBr)cc1C. The second-order valence-electron chi connectivity index (χ2n) is 3.53. The van der Waals surface area contributed by atoms with E-state index in [1.165, 1.54) is 0 Å². The number of benzene rings is 1. The first-order chi connectivity index (χ1) is 7.51. The summed E-state index contributed by atoms with van der Waals surface area (Å²) < 4.78 is 5.19. The third-order valence-corrected chi connectivity index (χ3v) is 2.81. The van der Waals surface area contributed by atoms with E-state index in [4.69, 9.17) is 4.74 Å². The van der Waals surface area contributed by atoms with Crippen molar-refractivity contribution in [2.45, 2.75) is 13.8 Å². The van der Waals surface area contributed by atoms with Crippen LogP contribution in [0.1, 0.15) is 21.5 Å². The van der Waals surface area contributed by atoms with Gasteiger partial charge in [-0.1, -0.05) is 15.9 Å². The maximum atomic E-state index is 11.7. The molecule has 0 aliphatic rings. The summed E-state index contributed by atoms with van der Waals surface area (Å²) in [6, 6.07) is 3.35. The summed E-state index contributed by atoms with van der Waals surface area (Å²) in [5, 5.41) is 0.0515. The number of halogens is 1. The van der Waals surface area contributed by atoms with Crippen LogP contribution in [0.15, 0.2) is 12.1 Å². The Morgan fingerprint density at radius 2 is 1.75 bits per heavy atom. The maximum absolute atomic E-state index is 11.7. The van der Waals surface area contributed by atoms with Gasteiger partial charge in [0.15, 0.2) is 0 Å². The number of aryl methyl sites for hydroxylation is 2. The Labute approximate surface area is 103 Å². The molecule has 4 heteroatoms. The minimum Gasteiger partial charge on any atom is -0.496 e. The lowest BCUT2D eigenvalue weighted by Crippen LogP contribution is -2.15. The van der Waals surface area contributed by atoms with Gasteiger partial charge in [-0.05, 0) is 37.1 Å². The number of ether oxygens (including phenoxy) is 1. The van der Waals surface area contributed by atoms with Gasteiger partial charge in [-0.3, -0.25) is 9.59 Å². The van der Waals surface area contributed by atoms with Gasteiger partial charge < -0.3 is 4.74 Å². The Balaban J connectivity index is 3.18. The quantitative estimate of drug-likeness (QED) is 0.485. The molecule has 0 amide bonds. The number of methoxy groups -OCH3 is 1. The minimum atomic E-state index is -0.467. The lowest BCUT2D eigenvalue weighted by Gasteiger charge is -2.10. The van der Waals surface area contributed by atoms with Gasteiger partial charge in [-0.15, -0.1) is 0 Å². The zero-order chi connectivity index (χ0) is 12.3. The topological polar surface area (TPSA) is 43.4 Å². The van der Waals surface area contributed by atoms with Gasteiger partial charge in [-0.2, -0.15) is 0 Å². The number of hydrogen-bond donors (Lipinski definition) is 0. The van der Waals surface area contributed by atoms with E-state index in [0.29, 0.717) is 5.56 Å². The highest BCUT2D eigenvalue weighted by Gasteiger charge is 2.17. The first-order valence-electron chi connectivity index (χ1n) is 4.80. The number of alkyl halides is 1. The molecule has 0 saturated heterocycles. The molecule has 0 unspecified atom stereocenters. The van der Waals surface area contributed by atoms with Gasteiger partial charge in [0.25, 0.3) is 0 Å². The zero-order valence-corrected chi connectivity index (χ0v) is 11.1. The van der Waals surface area contributed by atoms with Crippen molar-refractivity contribution in [1.29, 1.82) is 0 Å². The molecule has 16 heavy (non-hydrogen) atoms. The summed E-state index contributed by atoms with van der Waals surface area (Å²) in [7, 11) is 1.58. The van der Waals surface area contributed by atoms with Crippen LogP contribution < -0.4 is 4.74 Å². The number of ketones is 2. The normalized spacial score (nSPS) is 10.0. The van der Waals surface area contributed by atoms with E-state index in [9.17, 15) is 9.59 Å². The van der Waals surface area contributed by atoms with Crippen molar-refractivity contribution in [3.63, 3.8) is 0 Å². The van der Waals surface area contributed by atoms with Crippen molar-refractivity contribution in [3.8, 4) is 5.75 Å². The molecule has 0 spiro atoms. The second kappa shape index (κ2) is 5.25. The third-order valence-electron chi connectivity index (χ3n) is 2.30. The summed E-state index contributed by atoms with van der Waals surface area (Å²) in [5.74, 6) is -0.155. The molecule has 0 saturated carbocycles. The van der Waals surface area contributed by atoms with Crippen LogP contribution in [-0.4, -0.2) is 24.0 Å². The number of Topliss-reactive ketones (excluding diaryl/α,β-unsaturated/α-hetero) is 2. The van der Waals surface area contributed by atoms with Gasteiger partial charge in [-0.25, -0.2) is 0 Å². The van der Waals surface area contributed by atoms with Crippen LogP contribution in [0.4, 0.5) is 0 Å². The molecule has 1 aromatic carbocycles. The van der Waals surface area contributed by atoms with E-state index >= 15 is 0 Å². The molecule has 0 aliphatic carbocycles. The first kappa shape index (κ1) is 12.9. The average molecular weight is 285 g/mol. The Morgan fingerprint density at radius 3 is 2.12 bits per heavy atom. The highest BCUT2D eigenvalue weighted by molar-refractivity contribution is 9.09. The fourth-order valence-corrected chi connectivity index (χ4v) is 1.88. The van der Waals surface area contributed by atoms with E-state index in [1.807, 2.05) is 13.8 Å². The highest BCUT2D eigenvalue weighted by Crippen LogP contribution is 2.24. The van der Waals surface area contributed by atoms with Crippen LogP contribution in [-0.2, 0) is 4.79 Å². The summed E-state index contributed by atoms with van der Waals surface area (Å²) in [5.41, 5.74) is 2.13. The molecule has 0 aromatic heterocycles. The molecule has 0 heterocycles. The standard InChI is InChI=1S/C12H13BrO3/c1-7-4-9(11(15)10(14)6-13)5-8(2)12(7)16-3/h4-5H,6H2,1-3H3. The molecule has 0 bridgehead atoms. The van der Waals surface area contributed by atoms with Crippen LogP contribution in [0, 0.1) is 13.8 Å². The molecule has 86 valence electrons. The van der Waals surface area contributed by atoms with Gasteiger partial charge >= 0.3 is 0 Å². The van der Waals surface area contributed by atoms with Crippen molar-refractivity contribution in [2.75, 3.05) is 12.4 Å². The molecule has 0 atom stereocenters. The Hall–Kier alpha value is -1.16. The molecular weight excluding hydrogens is 272 g/mol. The monoisotopic (exact) mass is 284 g/mol. The highest BCUT2D eigenvalue weighted by atomic mass is 79.9. The van der Waals surface area contributed by atoms with Crippen LogP contribution in [0.3, 0.4) is 0 Å². The molecule has 0 fully saturated rings. The number of carbonyl (C=O) groups is 2. The minimum absolute atomic E-state index is 0.0515. The molecule has 0 aliphatic heterocycles. The average Bonchev–Trinajstić information content (AvgIpc) is 2.26. The van der Waals surface area contributed by atoms with E-state index in [0.717, 1.165) is 16.9 Å². The van der Waals surface area contributed by atoms with E-state index < -0.39 is 11.6 Å². The molecule has 0 N–H and O–H groups in total. The van der Waals surface area contributed by atoms with Crippen molar-refractivity contribution in [3.05, 3.63) is 28.8 Å². The summed E-state index contributed by atoms with van der Waals surface area (Å²) in [6.07, 6.45) is 0. The van der Waals surface area contributed by atoms with Crippen molar-refractivity contribution >= 4 is 27.5 Å². The smallest absolute Gasteiger partial charge is 0.229 e. The number of rotatable bonds is 4. The van der Waals surface area contributed by atoms with Gasteiger partial charge in [0.2, 0.25) is 11.6 Å². The second-order valence-corrected chi connectivity index (χ2v) is 4.09. The Bertz CT molecular complexity index is 415. The molecule has 1 rings (SSSR count). The lowest BCUT2D eigenvalue weighted by molar-refractivity contribution is -0.112. The summed E-state index contributed by atoms with van der Waals surface area (Å²) in [6.45, 7) is 3.70. The number of carbonyl (C=O) groups excluding carboxylic acids is 2. The maximum Gasteiger partial charge on any atom is 0.229 e. The summed E-state index contributed by atoms with van der Waals surface area (Å²) in [4.78, 5) is 22.9. The number of hydrogen-bond acceptors (Lipinski definition) is 3. The Morgan fingerprint density at radius 1 is 1.25 bits per heavy atom. The van der Waals surface area contributed by atoms with Crippen LogP contribution in [0.25, 0.3) is 0 Å². The van der Waals surface area contributed by atoms with Gasteiger partial charge in [0.05, 0.1) is 12.4 Å². The lowest BCUT2D eigenvalue weighted by atomic mass is 10.0. The fraction of sp³-hybridized carbons (Fsp3) is 0.333. The zero-order valence-electron chi connectivity index (χ0n) is 9.46. The molecular formula is C12H13BrO3. The largest absolute Gasteiger partial charge is 0.496 e. The van der Waals surface area contributed by atoms with Crippen molar-refractivity contribution < 1.29 is 14.3 Å². The molecule has 3 nitrogen and oxygen atoms in total. The first-order valence-corrected chi connectivity index (χ1v) is 5.92. The van der Waals surface area contributed by atoms with Crippen LogP contribution in [0.2, 0.25) is 0 Å². The third kappa shape index (κ3) is 2.50. The molecule has 1 aromatic rings. The van der Waals surface area contributed by atoms with Gasteiger partial charge in [0, 0.05) is 5.56 Å². The van der Waals surface area contributed by atoms with Gasteiger partial charge in [0.1, 0.15) is 5.75 Å². The van der Waals surface area contributed by atoms with Crippen LogP contribution >= 0.6 is 15.9 Å². The van der Waals surface area contributed by atoms with E-state index in [1.54, 1.807) is 19.2 Å². The summed E-state index contributed by atoms with van der Waals surface area (Å²) >= 11 is 2.98. The van der Waals surface area contributed by atoms with E-state index in [-0.39, 0.29) is 5.33 Å². The molecule has 0 radical (unpaired) electrons. The Kier molecular flexibility index (Phi) is 4.24. The predicted octanol–water partition coefficient (Wildman–Crippen LogP) is 2.46. The predicted molar refractivity (Wildman–Crippen MR) is 65.6 cm³/mol. The van der Waals surface area contributed by atoms with Crippen molar-refractivity contribution in [2.24, 2.45) is 0 Å². The van der Waals surface area contributed by atoms with Crippen molar-refractivity contribution in [1.82, 2.24) is 0 Å².